The minimum atomic E-state index is -0.250. The van der Waals surface area contributed by atoms with Gasteiger partial charge in [-0.05, 0) is 38.3 Å². The number of rotatable bonds is 3. The highest BCUT2D eigenvalue weighted by molar-refractivity contribution is 5.82. The number of nitrogens with zero attached hydrogens (tertiary/aromatic N) is 2. The number of aromatic nitrogens is 2. The van der Waals surface area contributed by atoms with Crippen LogP contribution in [0.4, 0.5) is 0 Å². The second kappa shape index (κ2) is 7.05. The molecule has 2 aliphatic rings. The van der Waals surface area contributed by atoms with Crippen molar-refractivity contribution in [3.05, 3.63) is 52.1 Å². The van der Waals surface area contributed by atoms with Gasteiger partial charge in [-0.1, -0.05) is 0 Å². The average Bonchev–Trinajstić information content (AvgIpc) is 3.30. The van der Waals surface area contributed by atoms with E-state index < -0.39 is 0 Å². The minimum absolute atomic E-state index is 0.00966. The Kier molecular flexibility index (Phi) is 4.60. The molecule has 0 radical (unpaired) electrons. The Morgan fingerprint density at radius 1 is 1.27 bits per heavy atom. The number of carbonyl (C=O) groups is 1. The maximum absolute atomic E-state index is 12.8. The number of amides is 1. The van der Waals surface area contributed by atoms with E-state index in [1.54, 1.807) is 6.07 Å². The Balaban J connectivity index is 1.33. The van der Waals surface area contributed by atoms with Crippen molar-refractivity contribution < 1.29 is 9.21 Å². The molecule has 4 heterocycles. The third-order valence-corrected chi connectivity index (χ3v) is 5.23. The van der Waals surface area contributed by atoms with E-state index in [0.29, 0.717) is 19.5 Å². The van der Waals surface area contributed by atoms with Gasteiger partial charge in [-0.25, -0.2) is 15.8 Å². The summed E-state index contributed by atoms with van der Waals surface area (Å²) in [6, 6.07) is 5.19. The van der Waals surface area contributed by atoms with Gasteiger partial charge in [0, 0.05) is 25.1 Å². The number of likely N-dealkylation sites (tertiary alicyclic amines) is 1. The Labute approximate surface area is 151 Å². The highest BCUT2D eigenvalue weighted by Gasteiger charge is 2.35. The van der Waals surface area contributed by atoms with Crippen molar-refractivity contribution in [1.82, 2.24) is 25.7 Å². The molecule has 0 aliphatic carbocycles. The Bertz CT molecular complexity index is 837. The van der Waals surface area contributed by atoms with Crippen LogP contribution in [0.2, 0.25) is 0 Å². The number of aromatic amines is 1. The zero-order valence-corrected chi connectivity index (χ0v) is 14.7. The summed E-state index contributed by atoms with van der Waals surface area (Å²) in [4.78, 5) is 33.0. The molecule has 2 aromatic heterocycles. The van der Waals surface area contributed by atoms with Gasteiger partial charge in [-0.2, -0.15) is 0 Å². The molecular formula is C18H23N5O3. The van der Waals surface area contributed by atoms with Crippen LogP contribution >= 0.6 is 0 Å². The molecule has 2 atom stereocenters. The van der Waals surface area contributed by atoms with Crippen molar-refractivity contribution in [2.75, 3.05) is 13.1 Å². The summed E-state index contributed by atoms with van der Waals surface area (Å²) < 4.78 is 5.65. The van der Waals surface area contributed by atoms with E-state index in [4.69, 9.17) is 4.42 Å². The molecule has 0 bridgehead atoms. The van der Waals surface area contributed by atoms with Gasteiger partial charge < -0.3 is 14.3 Å². The average molecular weight is 357 g/mol. The molecule has 2 saturated heterocycles. The summed E-state index contributed by atoms with van der Waals surface area (Å²) >= 11 is 0. The largest absolute Gasteiger partial charge is 0.465 e. The van der Waals surface area contributed by atoms with Gasteiger partial charge in [-0.15, -0.1) is 0 Å². The fourth-order valence-corrected chi connectivity index (χ4v) is 3.77. The standard InChI is InChI=1S/C18H23N5O3/c1-11-2-3-16(26-11)14-8-15(22-21-14)18(25)23-6-4-12(5-7-23)13-9-17(24)20-10-19-13/h2-3,9-10,12,14-15,21-22H,4-8H2,1H3,(H,19,20,24). The zero-order chi connectivity index (χ0) is 18.1. The van der Waals surface area contributed by atoms with Crippen LogP contribution in [0.15, 0.2) is 33.7 Å². The fourth-order valence-electron chi connectivity index (χ4n) is 3.77. The zero-order valence-electron chi connectivity index (χ0n) is 14.7. The molecule has 4 rings (SSSR count). The van der Waals surface area contributed by atoms with E-state index in [1.807, 2.05) is 24.0 Å². The number of carbonyl (C=O) groups excluding carboxylic acids is 1. The fraction of sp³-hybridized carbons (Fsp3) is 0.500. The number of hydrogen-bond acceptors (Lipinski definition) is 6. The summed E-state index contributed by atoms with van der Waals surface area (Å²) in [7, 11) is 0. The summed E-state index contributed by atoms with van der Waals surface area (Å²) in [6.07, 6.45) is 3.76. The first-order valence-electron chi connectivity index (χ1n) is 9.01. The normalized spacial score (nSPS) is 24.1. The van der Waals surface area contributed by atoms with Gasteiger partial charge in [0.25, 0.3) is 5.56 Å². The molecule has 0 spiro atoms. The van der Waals surface area contributed by atoms with Crippen molar-refractivity contribution in [3.8, 4) is 0 Å². The second-order valence-corrected chi connectivity index (χ2v) is 7.01. The van der Waals surface area contributed by atoms with Crippen LogP contribution < -0.4 is 16.4 Å². The minimum Gasteiger partial charge on any atom is -0.465 e. The molecule has 8 nitrogen and oxygen atoms in total. The first kappa shape index (κ1) is 17.0. The molecule has 2 unspecified atom stereocenters. The monoisotopic (exact) mass is 357 g/mol. The second-order valence-electron chi connectivity index (χ2n) is 7.01. The summed E-state index contributed by atoms with van der Waals surface area (Å²) in [5.41, 5.74) is 6.94. The van der Waals surface area contributed by atoms with E-state index >= 15 is 0 Å². The van der Waals surface area contributed by atoms with Crippen molar-refractivity contribution >= 4 is 5.91 Å². The molecule has 2 fully saturated rings. The van der Waals surface area contributed by atoms with Gasteiger partial charge >= 0.3 is 0 Å². The summed E-state index contributed by atoms with van der Waals surface area (Å²) in [5, 5.41) is 0. The van der Waals surface area contributed by atoms with Crippen LogP contribution in [0.25, 0.3) is 0 Å². The molecule has 0 saturated carbocycles. The quantitative estimate of drug-likeness (QED) is 0.757. The van der Waals surface area contributed by atoms with Gasteiger partial charge in [0.1, 0.15) is 17.6 Å². The van der Waals surface area contributed by atoms with Crippen LogP contribution in [-0.2, 0) is 4.79 Å². The predicted octanol–water partition coefficient (Wildman–Crippen LogP) is 0.985. The van der Waals surface area contributed by atoms with E-state index in [1.165, 1.54) is 6.33 Å². The number of nitrogens with one attached hydrogen (secondary N) is 3. The Morgan fingerprint density at radius 2 is 2.08 bits per heavy atom. The summed E-state index contributed by atoms with van der Waals surface area (Å²) in [5.74, 6) is 2.06. The molecular weight excluding hydrogens is 334 g/mol. The number of aryl methyl sites for hydroxylation is 1. The van der Waals surface area contributed by atoms with Crippen molar-refractivity contribution in [2.24, 2.45) is 0 Å². The number of hydrazine groups is 1. The highest BCUT2D eigenvalue weighted by atomic mass is 16.3. The topological polar surface area (TPSA) is 103 Å². The van der Waals surface area contributed by atoms with Crippen LogP contribution in [0.3, 0.4) is 0 Å². The van der Waals surface area contributed by atoms with E-state index in [2.05, 4.69) is 20.8 Å². The Hall–Kier alpha value is -2.45. The first-order valence-corrected chi connectivity index (χ1v) is 9.01. The number of hydrogen-bond donors (Lipinski definition) is 3. The molecule has 0 aromatic carbocycles. The van der Waals surface area contributed by atoms with Crippen LogP contribution in [0.5, 0.6) is 0 Å². The van der Waals surface area contributed by atoms with E-state index in [-0.39, 0.29) is 29.5 Å². The third-order valence-electron chi connectivity index (χ3n) is 5.23. The number of furan rings is 1. The van der Waals surface area contributed by atoms with Gasteiger partial charge in [0.2, 0.25) is 5.91 Å². The maximum Gasteiger partial charge on any atom is 0.250 e. The van der Waals surface area contributed by atoms with Crippen LogP contribution in [0.1, 0.15) is 48.4 Å². The number of H-pyrrole nitrogens is 1. The highest BCUT2D eigenvalue weighted by Crippen LogP contribution is 2.28. The van der Waals surface area contributed by atoms with Crippen molar-refractivity contribution in [1.29, 1.82) is 0 Å². The first-order chi connectivity index (χ1) is 12.6. The maximum atomic E-state index is 12.8. The molecule has 2 aliphatic heterocycles. The SMILES string of the molecule is Cc1ccc(C2CC(C(=O)N3CCC(c4cc(=O)[nH]cn4)CC3)NN2)o1. The van der Waals surface area contributed by atoms with Gasteiger partial charge in [0.15, 0.2) is 0 Å². The molecule has 138 valence electrons. The lowest BCUT2D eigenvalue weighted by Crippen LogP contribution is -2.48. The molecule has 26 heavy (non-hydrogen) atoms. The molecule has 8 heteroatoms. The molecule has 3 N–H and O–H groups in total. The third kappa shape index (κ3) is 3.42. The van der Waals surface area contributed by atoms with Crippen LogP contribution in [-0.4, -0.2) is 39.9 Å². The van der Waals surface area contributed by atoms with E-state index in [9.17, 15) is 9.59 Å². The Morgan fingerprint density at radius 3 is 2.77 bits per heavy atom. The van der Waals surface area contributed by atoms with Crippen molar-refractivity contribution in [2.45, 2.75) is 44.2 Å². The lowest BCUT2D eigenvalue weighted by molar-refractivity contribution is -0.134. The lowest BCUT2D eigenvalue weighted by atomic mass is 9.92. The summed E-state index contributed by atoms with van der Waals surface area (Å²) in [6.45, 7) is 3.27. The van der Waals surface area contributed by atoms with Crippen LogP contribution in [0, 0.1) is 6.92 Å². The van der Waals surface area contributed by atoms with E-state index in [0.717, 1.165) is 30.1 Å². The van der Waals surface area contributed by atoms with Gasteiger partial charge in [-0.3, -0.25) is 9.59 Å². The molecule has 2 aromatic rings. The lowest BCUT2D eigenvalue weighted by Gasteiger charge is -2.33. The number of piperidine rings is 1. The predicted molar refractivity (Wildman–Crippen MR) is 94.3 cm³/mol. The van der Waals surface area contributed by atoms with Gasteiger partial charge in [0.05, 0.1) is 18.1 Å². The van der Waals surface area contributed by atoms with Crippen molar-refractivity contribution in [3.63, 3.8) is 0 Å². The molecule has 1 amide bonds. The smallest absolute Gasteiger partial charge is 0.250 e.